The zero-order valence-corrected chi connectivity index (χ0v) is 14.3. The van der Waals surface area contributed by atoms with Gasteiger partial charge in [-0.2, -0.15) is 0 Å². The highest BCUT2D eigenvalue weighted by Gasteiger charge is 2.31. The molecular weight excluding hydrogens is 320 g/mol. The van der Waals surface area contributed by atoms with Crippen molar-refractivity contribution >= 4 is 15.9 Å². The number of aliphatic hydroxyl groups excluding tert-OH is 1. The second-order valence-electron chi connectivity index (χ2n) is 5.56. The highest BCUT2D eigenvalue weighted by molar-refractivity contribution is 7.92. The molecule has 0 fully saturated rings. The minimum atomic E-state index is -3.60. The van der Waals surface area contributed by atoms with Crippen molar-refractivity contribution in [1.29, 1.82) is 0 Å². The molecule has 0 aliphatic heterocycles. The lowest BCUT2D eigenvalue weighted by molar-refractivity contribution is 0.229. The van der Waals surface area contributed by atoms with E-state index in [0.717, 1.165) is 5.56 Å². The predicted molar refractivity (Wildman–Crippen MR) is 98.3 cm³/mol. The van der Waals surface area contributed by atoms with Gasteiger partial charge < -0.3 is 5.11 Å². The van der Waals surface area contributed by atoms with Gasteiger partial charge in [0.1, 0.15) is 0 Å². The van der Waals surface area contributed by atoms with E-state index >= 15 is 0 Å². The molecule has 1 N–H and O–H groups in total. The minimum absolute atomic E-state index is 0.220. The first-order chi connectivity index (χ1) is 11.6. The first-order valence-corrected chi connectivity index (χ1v) is 9.38. The van der Waals surface area contributed by atoms with Gasteiger partial charge in [0.15, 0.2) is 9.84 Å². The van der Waals surface area contributed by atoms with Crippen LogP contribution in [0.4, 0.5) is 0 Å². The molecule has 4 heteroatoms. The Morgan fingerprint density at radius 3 is 2.12 bits per heavy atom. The molecule has 3 nitrogen and oxygen atoms in total. The van der Waals surface area contributed by atoms with E-state index in [4.69, 9.17) is 0 Å². The molecule has 0 aromatic heterocycles. The van der Waals surface area contributed by atoms with Gasteiger partial charge in [0.05, 0.1) is 10.1 Å². The van der Waals surface area contributed by atoms with Crippen molar-refractivity contribution in [2.75, 3.05) is 6.61 Å². The first-order valence-electron chi connectivity index (χ1n) is 7.83. The number of rotatable bonds is 8. The predicted octanol–water partition coefficient (Wildman–Crippen LogP) is 3.73. The van der Waals surface area contributed by atoms with Gasteiger partial charge in [-0.3, -0.25) is 0 Å². The topological polar surface area (TPSA) is 54.4 Å². The standard InChI is InChI=1S/C20H22O3S/c1-2-9-18(16-21)20(15-14-17-10-5-3-6-11-17)24(22,23)19-12-7-4-8-13-19/h2-8,10-15,18,20-21H,1,9,16H2/b15-14+/t18-,20+/m0/s1. The molecule has 0 radical (unpaired) electrons. The second-order valence-corrected chi connectivity index (χ2v) is 7.67. The van der Waals surface area contributed by atoms with Crippen LogP contribution in [0.5, 0.6) is 0 Å². The molecule has 0 saturated carbocycles. The lowest BCUT2D eigenvalue weighted by Gasteiger charge is -2.22. The number of aliphatic hydroxyl groups is 1. The lowest BCUT2D eigenvalue weighted by atomic mass is 10.0. The third-order valence-corrected chi connectivity index (χ3v) is 6.06. The Morgan fingerprint density at radius 1 is 1.00 bits per heavy atom. The molecule has 2 aromatic rings. The largest absolute Gasteiger partial charge is 0.396 e. The number of sulfone groups is 1. The number of hydrogen-bond acceptors (Lipinski definition) is 3. The maximum atomic E-state index is 13.0. The molecule has 0 saturated heterocycles. The molecular formula is C20H22O3S. The van der Waals surface area contributed by atoms with Crippen LogP contribution in [-0.4, -0.2) is 25.4 Å². The Morgan fingerprint density at radius 2 is 1.58 bits per heavy atom. The highest BCUT2D eigenvalue weighted by Crippen LogP contribution is 2.26. The quantitative estimate of drug-likeness (QED) is 0.744. The van der Waals surface area contributed by atoms with Gasteiger partial charge in [-0.1, -0.05) is 66.8 Å². The van der Waals surface area contributed by atoms with Crippen LogP contribution in [0, 0.1) is 5.92 Å². The smallest absolute Gasteiger partial charge is 0.185 e. The number of hydrogen-bond donors (Lipinski definition) is 1. The van der Waals surface area contributed by atoms with Gasteiger partial charge in [-0.05, 0) is 24.1 Å². The van der Waals surface area contributed by atoms with E-state index in [0.29, 0.717) is 6.42 Å². The molecule has 0 aliphatic rings. The Hall–Kier alpha value is -2.17. The summed E-state index contributed by atoms with van der Waals surface area (Å²) in [4.78, 5) is 0.259. The molecule has 0 aliphatic carbocycles. The third kappa shape index (κ3) is 4.43. The molecule has 0 unspecified atom stereocenters. The monoisotopic (exact) mass is 342 g/mol. The maximum Gasteiger partial charge on any atom is 0.185 e. The summed E-state index contributed by atoms with van der Waals surface area (Å²) in [5.74, 6) is -0.437. The van der Waals surface area contributed by atoms with Gasteiger partial charge in [0.2, 0.25) is 0 Å². The van der Waals surface area contributed by atoms with Crippen molar-refractivity contribution in [2.24, 2.45) is 5.92 Å². The van der Waals surface area contributed by atoms with Crippen molar-refractivity contribution in [3.8, 4) is 0 Å². The van der Waals surface area contributed by atoms with Crippen LogP contribution in [-0.2, 0) is 9.84 Å². The van der Waals surface area contributed by atoms with Crippen molar-refractivity contribution in [1.82, 2.24) is 0 Å². The van der Waals surface area contributed by atoms with E-state index in [9.17, 15) is 13.5 Å². The molecule has 0 spiro atoms. The fourth-order valence-corrected chi connectivity index (χ4v) is 4.42. The number of allylic oxidation sites excluding steroid dienone is 1. The molecule has 0 heterocycles. The van der Waals surface area contributed by atoms with E-state index in [1.165, 1.54) is 0 Å². The van der Waals surface area contributed by atoms with Gasteiger partial charge in [0.25, 0.3) is 0 Å². The Balaban J connectivity index is 2.43. The van der Waals surface area contributed by atoms with Crippen LogP contribution in [0.25, 0.3) is 6.08 Å². The Labute approximate surface area is 143 Å². The van der Waals surface area contributed by atoms with Crippen molar-refractivity contribution in [3.05, 3.63) is 85.0 Å². The van der Waals surface area contributed by atoms with E-state index < -0.39 is 21.0 Å². The molecule has 24 heavy (non-hydrogen) atoms. The summed E-state index contributed by atoms with van der Waals surface area (Å²) in [5, 5.41) is 8.87. The average molecular weight is 342 g/mol. The fraction of sp³-hybridized carbons (Fsp3) is 0.200. The summed E-state index contributed by atoms with van der Waals surface area (Å²) < 4.78 is 26.1. The molecule has 126 valence electrons. The van der Waals surface area contributed by atoms with Crippen LogP contribution in [0.3, 0.4) is 0 Å². The Bertz CT molecular complexity index is 765. The summed E-state index contributed by atoms with van der Waals surface area (Å²) in [6, 6.07) is 17.9. The van der Waals surface area contributed by atoms with E-state index in [-0.39, 0.29) is 11.5 Å². The zero-order valence-electron chi connectivity index (χ0n) is 13.5. The molecule has 0 amide bonds. The minimum Gasteiger partial charge on any atom is -0.396 e. The van der Waals surface area contributed by atoms with Crippen molar-refractivity contribution in [2.45, 2.75) is 16.6 Å². The second kappa shape index (κ2) is 8.62. The lowest BCUT2D eigenvalue weighted by Crippen LogP contribution is -2.30. The van der Waals surface area contributed by atoms with Crippen LogP contribution in [0.15, 0.2) is 84.3 Å². The van der Waals surface area contributed by atoms with Crippen LogP contribution < -0.4 is 0 Å². The SMILES string of the molecule is C=CC[C@@H](CO)[C@@H](/C=C/c1ccccc1)S(=O)(=O)c1ccccc1. The summed E-state index contributed by atoms with van der Waals surface area (Å²) >= 11 is 0. The van der Waals surface area contributed by atoms with Crippen LogP contribution >= 0.6 is 0 Å². The number of benzene rings is 2. The van der Waals surface area contributed by atoms with Crippen LogP contribution in [0.1, 0.15) is 12.0 Å². The summed E-state index contributed by atoms with van der Waals surface area (Å²) in [7, 11) is -3.60. The van der Waals surface area contributed by atoms with Gasteiger partial charge in [-0.25, -0.2) is 8.42 Å². The van der Waals surface area contributed by atoms with E-state index in [1.807, 2.05) is 30.3 Å². The molecule has 2 rings (SSSR count). The van der Waals surface area contributed by atoms with E-state index in [1.54, 1.807) is 48.6 Å². The summed E-state index contributed by atoms with van der Waals surface area (Å²) in [6.07, 6.45) is 5.52. The van der Waals surface area contributed by atoms with E-state index in [2.05, 4.69) is 6.58 Å². The fourth-order valence-electron chi connectivity index (χ4n) is 2.58. The molecule has 0 bridgehead atoms. The zero-order chi connectivity index (χ0) is 17.4. The molecule has 2 aromatic carbocycles. The normalized spacial score (nSPS) is 14.4. The average Bonchev–Trinajstić information content (AvgIpc) is 2.62. The van der Waals surface area contributed by atoms with Crippen molar-refractivity contribution < 1.29 is 13.5 Å². The molecule has 2 atom stereocenters. The van der Waals surface area contributed by atoms with Gasteiger partial charge >= 0.3 is 0 Å². The maximum absolute atomic E-state index is 13.0. The van der Waals surface area contributed by atoms with Gasteiger partial charge in [0, 0.05) is 12.5 Å². The van der Waals surface area contributed by atoms with Crippen LogP contribution in [0.2, 0.25) is 0 Å². The summed E-state index contributed by atoms with van der Waals surface area (Å²) in [5.41, 5.74) is 0.918. The van der Waals surface area contributed by atoms with Crippen molar-refractivity contribution in [3.63, 3.8) is 0 Å². The Kier molecular flexibility index (Phi) is 6.53. The first kappa shape index (κ1) is 18.2. The summed E-state index contributed by atoms with van der Waals surface area (Å²) in [6.45, 7) is 3.45. The van der Waals surface area contributed by atoms with Gasteiger partial charge in [-0.15, -0.1) is 6.58 Å². The highest BCUT2D eigenvalue weighted by atomic mass is 32.2. The third-order valence-electron chi connectivity index (χ3n) is 3.88.